The Morgan fingerprint density at radius 1 is 1.50 bits per heavy atom. The summed E-state index contributed by atoms with van der Waals surface area (Å²) >= 11 is 3.28. The molecular weight excluding hydrogens is 272 g/mol. The van der Waals surface area contributed by atoms with Gasteiger partial charge in [-0.25, -0.2) is 4.98 Å². The van der Waals surface area contributed by atoms with Crippen molar-refractivity contribution in [1.82, 2.24) is 14.5 Å². The van der Waals surface area contributed by atoms with Crippen LogP contribution in [-0.2, 0) is 7.05 Å². The molecule has 5 nitrogen and oxygen atoms in total. The Morgan fingerprint density at radius 3 is 2.81 bits per heavy atom. The lowest BCUT2D eigenvalue weighted by Gasteiger charge is -2.09. The maximum Gasteiger partial charge on any atom is 0.266 e. The van der Waals surface area contributed by atoms with Gasteiger partial charge in [-0.3, -0.25) is 9.36 Å². The molecule has 2 rings (SSSR count). The van der Waals surface area contributed by atoms with Crippen molar-refractivity contribution < 1.29 is 0 Å². The zero-order chi connectivity index (χ0) is 11.9. The third-order valence-corrected chi connectivity index (χ3v) is 3.47. The summed E-state index contributed by atoms with van der Waals surface area (Å²) in [7, 11) is 3.44. The molecule has 0 amide bonds. The SMILES string of the molecule is CNc1ncc2c(C)c(Br)c(=O)n(C)c2n1. The van der Waals surface area contributed by atoms with Crippen LogP contribution in [-0.4, -0.2) is 21.6 Å². The summed E-state index contributed by atoms with van der Waals surface area (Å²) in [4.78, 5) is 20.3. The number of pyridine rings is 1. The van der Waals surface area contributed by atoms with E-state index in [1.54, 1.807) is 20.3 Å². The van der Waals surface area contributed by atoms with Crippen LogP contribution in [0.1, 0.15) is 5.56 Å². The highest BCUT2D eigenvalue weighted by molar-refractivity contribution is 9.10. The van der Waals surface area contributed by atoms with Gasteiger partial charge in [0.1, 0.15) is 5.65 Å². The van der Waals surface area contributed by atoms with Crippen molar-refractivity contribution in [2.45, 2.75) is 6.92 Å². The minimum absolute atomic E-state index is 0.0919. The second kappa shape index (κ2) is 3.86. The third kappa shape index (κ3) is 1.49. The van der Waals surface area contributed by atoms with Crippen LogP contribution in [0.2, 0.25) is 0 Å². The Kier molecular flexibility index (Phi) is 2.67. The number of hydrogen-bond donors (Lipinski definition) is 1. The molecule has 2 aromatic heterocycles. The molecule has 0 saturated carbocycles. The van der Waals surface area contributed by atoms with Crippen molar-refractivity contribution in [3.63, 3.8) is 0 Å². The molecule has 1 N–H and O–H groups in total. The van der Waals surface area contributed by atoms with Gasteiger partial charge in [0.25, 0.3) is 5.56 Å². The van der Waals surface area contributed by atoms with E-state index in [-0.39, 0.29) is 5.56 Å². The van der Waals surface area contributed by atoms with Gasteiger partial charge in [0.2, 0.25) is 5.95 Å². The number of halogens is 1. The molecule has 0 saturated heterocycles. The van der Waals surface area contributed by atoms with Gasteiger partial charge < -0.3 is 5.32 Å². The Bertz CT molecular complexity index is 620. The minimum atomic E-state index is -0.0919. The van der Waals surface area contributed by atoms with Crippen LogP contribution in [0.4, 0.5) is 5.95 Å². The molecule has 84 valence electrons. The average Bonchev–Trinajstić information content (AvgIpc) is 2.33. The Morgan fingerprint density at radius 2 is 2.19 bits per heavy atom. The molecule has 2 aromatic rings. The van der Waals surface area contributed by atoms with Gasteiger partial charge in [-0.05, 0) is 28.4 Å². The largest absolute Gasteiger partial charge is 0.357 e. The summed E-state index contributed by atoms with van der Waals surface area (Å²) in [6.45, 7) is 1.87. The minimum Gasteiger partial charge on any atom is -0.357 e. The van der Waals surface area contributed by atoms with Crippen LogP contribution < -0.4 is 10.9 Å². The van der Waals surface area contributed by atoms with E-state index in [1.165, 1.54) is 4.57 Å². The van der Waals surface area contributed by atoms with Gasteiger partial charge in [0.15, 0.2) is 0 Å². The summed E-state index contributed by atoms with van der Waals surface area (Å²) in [5, 5.41) is 3.72. The van der Waals surface area contributed by atoms with Crippen LogP contribution >= 0.6 is 15.9 Å². The molecule has 0 unspecified atom stereocenters. The lowest BCUT2D eigenvalue weighted by atomic mass is 10.2. The first-order valence-corrected chi connectivity index (χ1v) is 5.55. The van der Waals surface area contributed by atoms with E-state index >= 15 is 0 Å². The van der Waals surface area contributed by atoms with E-state index in [2.05, 4.69) is 31.2 Å². The van der Waals surface area contributed by atoms with Gasteiger partial charge >= 0.3 is 0 Å². The molecule has 0 aliphatic carbocycles. The predicted molar refractivity (Wildman–Crippen MR) is 66.8 cm³/mol. The normalized spacial score (nSPS) is 10.8. The first kappa shape index (κ1) is 11.1. The molecule has 0 fully saturated rings. The van der Waals surface area contributed by atoms with Crippen molar-refractivity contribution in [3.8, 4) is 0 Å². The predicted octanol–water partition coefficient (Wildman–Crippen LogP) is 1.44. The zero-order valence-electron chi connectivity index (χ0n) is 9.21. The number of aryl methyl sites for hydroxylation is 2. The molecule has 16 heavy (non-hydrogen) atoms. The van der Waals surface area contributed by atoms with Crippen LogP contribution in [0.5, 0.6) is 0 Å². The molecule has 0 radical (unpaired) electrons. The molecule has 2 heterocycles. The van der Waals surface area contributed by atoms with Crippen molar-refractivity contribution >= 4 is 32.9 Å². The lowest BCUT2D eigenvalue weighted by Crippen LogP contribution is -2.20. The van der Waals surface area contributed by atoms with Gasteiger partial charge in [-0.15, -0.1) is 0 Å². The highest BCUT2D eigenvalue weighted by atomic mass is 79.9. The van der Waals surface area contributed by atoms with Crippen molar-refractivity contribution in [2.75, 3.05) is 12.4 Å². The van der Waals surface area contributed by atoms with Crippen LogP contribution in [0.25, 0.3) is 11.0 Å². The summed E-state index contributed by atoms with van der Waals surface area (Å²) in [5.41, 5.74) is 1.40. The standard InChI is InChI=1S/C10H11BrN4O/c1-5-6-4-13-10(12-2)14-8(6)15(3)9(16)7(5)11/h4H,1-3H3,(H,12,13,14). The van der Waals surface area contributed by atoms with Gasteiger partial charge in [-0.1, -0.05) is 0 Å². The quantitative estimate of drug-likeness (QED) is 0.860. The number of nitrogens with zero attached hydrogens (tertiary/aromatic N) is 3. The van der Waals surface area contributed by atoms with Crippen molar-refractivity contribution in [1.29, 1.82) is 0 Å². The summed E-state index contributed by atoms with van der Waals surface area (Å²) in [6, 6.07) is 0. The summed E-state index contributed by atoms with van der Waals surface area (Å²) < 4.78 is 2.07. The number of hydrogen-bond acceptors (Lipinski definition) is 4. The van der Waals surface area contributed by atoms with Crippen molar-refractivity contribution in [3.05, 3.63) is 26.6 Å². The Balaban J connectivity index is 2.97. The molecule has 0 spiro atoms. The van der Waals surface area contributed by atoms with Gasteiger partial charge in [0, 0.05) is 25.7 Å². The number of fused-ring (bicyclic) bond motifs is 1. The summed E-state index contributed by atoms with van der Waals surface area (Å²) in [6.07, 6.45) is 1.72. The number of aromatic nitrogens is 3. The first-order chi connectivity index (χ1) is 7.56. The van der Waals surface area contributed by atoms with E-state index in [0.717, 1.165) is 10.9 Å². The fourth-order valence-corrected chi connectivity index (χ4v) is 2.02. The molecule has 0 atom stereocenters. The lowest BCUT2D eigenvalue weighted by molar-refractivity contribution is 0.873. The van der Waals surface area contributed by atoms with E-state index in [9.17, 15) is 4.79 Å². The first-order valence-electron chi connectivity index (χ1n) is 4.76. The van der Waals surface area contributed by atoms with Crippen LogP contribution in [0.3, 0.4) is 0 Å². The number of rotatable bonds is 1. The number of nitrogens with one attached hydrogen (secondary N) is 1. The maximum absolute atomic E-state index is 11.8. The van der Waals surface area contributed by atoms with E-state index in [1.807, 2.05) is 6.92 Å². The number of anilines is 1. The average molecular weight is 283 g/mol. The molecule has 6 heteroatoms. The van der Waals surface area contributed by atoms with E-state index in [0.29, 0.717) is 16.1 Å². The highest BCUT2D eigenvalue weighted by Crippen LogP contribution is 2.20. The molecule has 0 bridgehead atoms. The maximum atomic E-state index is 11.8. The fourth-order valence-electron chi connectivity index (χ4n) is 1.54. The third-order valence-electron chi connectivity index (χ3n) is 2.54. The zero-order valence-corrected chi connectivity index (χ0v) is 10.8. The monoisotopic (exact) mass is 282 g/mol. The molecule has 0 aliphatic rings. The van der Waals surface area contributed by atoms with Crippen LogP contribution in [0, 0.1) is 6.92 Å². The fraction of sp³-hybridized carbons (Fsp3) is 0.300. The second-order valence-electron chi connectivity index (χ2n) is 3.48. The Labute approximate surface area is 101 Å². The summed E-state index contributed by atoms with van der Waals surface area (Å²) in [5.74, 6) is 0.504. The van der Waals surface area contributed by atoms with E-state index in [4.69, 9.17) is 0 Å². The van der Waals surface area contributed by atoms with Crippen molar-refractivity contribution in [2.24, 2.45) is 7.05 Å². The van der Waals surface area contributed by atoms with Gasteiger partial charge in [-0.2, -0.15) is 4.98 Å². The smallest absolute Gasteiger partial charge is 0.266 e. The highest BCUT2D eigenvalue weighted by Gasteiger charge is 2.11. The van der Waals surface area contributed by atoms with E-state index < -0.39 is 0 Å². The Hall–Kier alpha value is -1.43. The molecule has 0 aromatic carbocycles. The second-order valence-corrected chi connectivity index (χ2v) is 4.28. The van der Waals surface area contributed by atoms with Gasteiger partial charge in [0.05, 0.1) is 4.47 Å². The molecular formula is C10H11BrN4O. The topological polar surface area (TPSA) is 59.8 Å². The molecule has 0 aliphatic heterocycles. The van der Waals surface area contributed by atoms with Crippen LogP contribution in [0.15, 0.2) is 15.5 Å².